The standard InChI is InChI=1S/C64H64/c1-2-50-4-3-49(1)33-34-51-5-7-53(8-6-51)37-38-55-13-15-57(16-14-55)41-42-59-21-23-61(24-22-59)45-46-63-29-31-64(32-30-63)48-47-62-27-25-60(26-28-62)44-43-58-19-17-56(18-20-58)40-39-54-11-9-52(10-12-54)36-35-50/h1-32H,33-48H2. The Labute approximate surface area is 384 Å². The Kier molecular flexibility index (Phi) is 14.7. The van der Waals surface area contributed by atoms with Gasteiger partial charge in [0.1, 0.15) is 0 Å². The lowest BCUT2D eigenvalue weighted by Crippen LogP contribution is -1.97. The second-order valence-electron chi connectivity index (χ2n) is 18.5. The van der Waals surface area contributed by atoms with Crippen LogP contribution in [0, 0.1) is 0 Å². The van der Waals surface area contributed by atoms with Gasteiger partial charge in [0.2, 0.25) is 0 Å². The van der Waals surface area contributed by atoms with E-state index in [1.165, 1.54) is 89.0 Å². The van der Waals surface area contributed by atoms with Crippen LogP contribution in [-0.4, -0.2) is 0 Å². The molecule has 0 unspecified atom stereocenters. The lowest BCUT2D eigenvalue weighted by Gasteiger charge is -2.09. The zero-order valence-electron chi connectivity index (χ0n) is 37.8. The Morgan fingerprint density at radius 2 is 0.141 bits per heavy atom. The first-order valence-electron chi connectivity index (χ1n) is 24.2. The summed E-state index contributed by atoms with van der Waals surface area (Å²) in [5, 5.41) is 0. The molecule has 8 aromatic rings. The summed E-state index contributed by atoms with van der Waals surface area (Å²) in [4.78, 5) is 0. The summed E-state index contributed by atoms with van der Waals surface area (Å²) in [5.41, 5.74) is 22.7. The number of rotatable bonds is 0. The largest absolute Gasteiger partial charge is 0.0588 e. The molecule has 0 N–H and O–H groups in total. The molecule has 16 bridgehead atoms. The van der Waals surface area contributed by atoms with E-state index in [4.69, 9.17) is 0 Å². The summed E-state index contributed by atoms with van der Waals surface area (Å²) in [6.45, 7) is 0. The minimum absolute atomic E-state index is 1.08. The van der Waals surface area contributed by atoms with Gasteiger partial charge in [-0.2, -0.15) is 0 Å². The van der Waals surface area contributed by atoms with Gasteiger partial charge >= 0.3 is 0 Å². The monoisotopic (exact) mass is 833 g/mol. The van der Waals surface area contributed by atoms with E-state index in [0.29, 0.717) is 0 Å². The first-order valence-corrected chi connectivity index (χ1v) is 24.2. The van der Waals surface area contributed by atoms with Crippen molar-refractivity contribution < 1.29 is 0 Å². The van der Waals surface area contributed by atoms with Crippen molar-refractivity contribution in [3.63, 3.8) is 0 Å². The summed E-state index contributed by atoms with van der Waals surface area (Å²) < 4.78 is 0. The lowest BCUT2D eigenvalue weighted by atomic mass is 9.97. The second kappa shape index (κ2) is 21.9. The highest BCUT2D eigenvalue weighted by Gasteiger charge is 2.06. The zero-order valence-corrected chi connectivity index (χ0v) is 37.8. The molecule has 30 rings (SSSR count). The van der Waals surface area contributed by atoms with Crippen LogP contribution in [0.5, 0.6) is 0 Å². The molecule has 0 saturated carbocycles. The molecule has 0 nitrogen and oxygen atoms in total. The van der Waals surface area contributed by atoms with E-state index in [1.807, 2.05) is 0 Å². The fourth-order valence-electron chi connectivity index (χ4n) is 9.29. The number of hydrogen-bond donors (Lipinski definition) is 0. The third-order valence-corrected chi connectivity index (χ3v) is 13.8. The third kappa shape index (κ3) is 12.9. The van der Waals surface area contributed by atoms with Crippen molar-refractivity contribution in [1.82, 2.24) is 0 Å². The molecule has 0 amide bonds. The zero-order chi connectivity index (χ0) is 43.2. The highest BCUT2D eigenvalue weighted by atomic mass is 14.1. The summed E-state index contributed by atoms with van der Waals surface area (Å²) in [7, 11) is 0. The van der Waals surface area contributed by atoms with Crippen molar-refractivity contribution >= 4 is 0 Å². The second-order valence-corrected chi connectivity index (χ2v) is 18.5. The van der Waals surface area contributed by atoms with Crippen LogP contribution < -0.4 is 0 Å². The van der Waals surface area contributed by atoms with E-state index >= 15 is 0 Å². The van der Waals surface area contributed by atoms with E-state index in [2.05, 4.69) is 194 Å². The van der Waals surface area contributed by atoms with Crippen LogP contribution in [0.15, 0.2) is 194 Å². The van der Waals surface area contributed by atoms with Gasteiger partial charge in [-0.15, -0.1) is 0 Å². The molecular formula is C64H64. The molecule has 0 radical (unpaired) electrons. The molecule has 22 aliphatic carbocycles. The molecule has 0 aliphatic heterocycles. The average molecular weight is 833 g/mol. The molecule has 0 atom stereocenters. The first kappa shape index (κ1) is 43.0. The normalized spacial score (nSPS) is 14.5. The Hall–Kier alpha value is -6.24. The van der Waals surface area contributed by atoms with E-state index in [-0.39, 0.29) is 0 Å². The van der Waals surface area contributed by atoms with Crippen molar-refractivity contribution in [2.75, 3.05) is 0 Å². The molecule has 22 aliphatic rings. The number of hydrogen-bond acceptors (Lipinski definition) is 0. The quantitative estimate of drug-likeness (QED) is 0.143. The van der Waals surface area contributed by atoms with Gasteiger partial charge in [-0.3, -0.25) is 0 Å². The molecule has 0 heteroatoms. The summed E-state index contributed by atoms with van der Waals surface area (Å²) >= 11 is 0. The Balaban J connectivity index is 0.809. The van der Waals surface area contributed by atoms with Gasteiger partial charge in [0.05, 0.1) is 0 Å². The predicted octanol–water partition coefficient (Wildman–Crippen LogP) is 14.3. The summed E-state index contributed by atoms with van der Waals surface area (Å²) in [6, 6.07) is 74.7. The number of benzene rings is 8. The van der Waals surface area contributed by atoms with Gasteiger partial charge in [-0.25, -0.2) is 0 Å². The fourth-order valence-corrected chi connectivity index (χ4v) is 9.29. The highest BCUT2D eigenvalue weighted by Crippen LogP contribution is 2.19. The van der Waals surface area contributed by atoms with Gasteiger partial charge in [-0.1, -0.05) is 194 Å². The topological polar surface area (TPSA) is 0 Å². The van der Waals surface area contributed by atoms with Crippen molar-refractivity contribution in [2.45, 2.75) is 103 Å². The summed E-state index contributed by atoms with van der Waals surface area (Å²) in [5.74, 6) is 0. The van der Waals surface area contributed by atoms with Crippen LogP contribution in [0.25, 0.3) is 0 Å². The Morgan fingerprint density at radius 3 is 0.188 bits per heavy atom. The van der Waals surface area contributed by atoms with E-state index < -0.39 is 0 Å². The molecule has 0 heterocycles. The lowest BCUT2D eigenvalue weighted by molar-refractivity contribution is 0.921. The maximum absolute atomic E-state index is 2.34. The molecule has 64 heavy (non-hydrogen) atoms. The fraction of sp³-hybridized carbons (Fsp3) is 0.250. The van der Waals surface area contributed by atoms with Crippen molar-refractivity contribution in [3.05, 3.63) is 283 Å². The minimum Gasteiger partial charge on any atom is -0.0588 e. The van der Waals surface area contributed by atoms with Crippen LogP contribution in [0.2, 0.25) is 0 Å². The molecule has 320 valence electrons. The Bertz CT molecular complexity index is 1860. The van der Waals surface area contributed by atoms with Gasteiger partial charge in [0.25, 0.3) is 0 Å². The Morgan fingerprint density at radius 1 is 0.0938 bits per heavy atom. The van der Waals surface area contributed by atoms with Crippen molar-refractivity contribution in [3.8, 4) is 0 Å². The van der Waals surface area contributed by atoms with E-state index in [1.54, 1.807) is 0 Å². The molecule has 0 saturated heterocycles. The van der Waals surface area contributed by atoms with Crippen LogP contribution in [0.1, 0.15) is 89.0 Å². The van der Waals surface area contributed by atoms with Crippen molar-refractivity contribution in [1.29, 1.82) is 0 Å². The van der Waals surface area contributed by atoms with Gasteiger partial charge in [0.15, 0.2) is 0 Å². The smallest absolute Gasteiger partial charge is 0.0238 e. The maximum Gasteiger partial charge on any atom is -0.0238 e. The average Bonchev–Trinajstić information content (AvgIpc) is 3.36. The SMILES string of the molecule is c1cc2ccc1CCc1ccc(cc1)CCc1ccc(cc1)CCc1ccc(cc1)CCc1ccc(cc1)CCc1ccc(cc1)CCc1ccc(cc1)CCc1ccc(cc1)CC2. The first-order chi connectivity index (χ1) is 31.6. The van der Waals surface area contributed by atoms with E-state index in [9.17, 15) is 0 Å². The highest BCUT2D eigenvalue weighted by molar-refractivity contribution is 5.33. The molecule has 0 spiro atoms. The maximum atomic E-state index is 2.34. The van der Waals surface area contributed by atoms with Crippen LogP contribution in [-0.2, 0) is 103 Å². The molecule has 0 fully saturated rings. The minimum atomic E-state index is 1.08. The summed E-state index contributed by atoms with van der Waals surface area (Å²) in [6.07, 6.45) is 17.2. The van der Waals surface area contributed by atoms with Gasteiger partial charge in [-0.05, 0) is 192 Å². The van der Waals surface area contributed by atoms with Crippen LogP contribution in [0.3, 0.4) is 0 Å². The van der Waals surface area contributed by atoms with Gasteiger partial charge in [0, 0.05) is 0 Å². The molecule has 0 aromatic heterocycles. The van der Waals surface area contributed by atoms with Crippen molar-refractivity contribution in [2.24, 2.45) is 0 Å². The van der Waals surface area contributed by atoms with Crippen LogP contribution in [0.4, 0.5) is 0 Å². The van der Waals surface area contributed by atoms with Gasteiger partial charge < -0.3 is 0 Å². The number of aryl methyl sites for hydroxylation is 16. The predicted molar refractivity (Wildman–Crippen MR) is 271 cm³/mol. The third-order valence-electron chi connectivity index (χ3n) is 13.8. The van der Waals surface area contributed by atoms with Crippen LogP contribution >= 0.6 is 0 Å². The molecular weight excluding hydrogens is 769 g/mol. The molecule has 8 aromatic carbocycles. The van der Waals surface area contributed by atoms with E-state index in [0.717, 1.165) is 103 Å².